The zero-order chi connectivity index (χ0) is 14.8. The Kier molecular flexibility index (Phi) is 3.19. The van der Waals surface area contributed by atoms with Gasteiger partial charge in [0, 0.05) is 29.3 Å². The maximum absolute atomic E-state index is 13.2. The van der Waals surface area contributed by atoms with Crippen LogP contribution < -0.4 is 11.1 Å². The topological polar surface area (TPSA) is 80.9 Å². The molecule has 5 nitrogen and oxygen atoms in total. The van der Waals surface area contributed by atoms with E-state index >= 15 is 0 Å². The molecule has 0 fully saturated rings. The number of anilines is 2. The number of aromatic nitrogens is 2. The van der Waals surface area contributed by atoms with Gasteiger partial charge in [-0.1, -0.05) is 0 Å². The van der Waals surface area contributed by atoms with Crippen molar-refractivity contribution in [1.82, 2.24) is 9.97 Å². The first kappa shape index (κ1) is 13.0. The molecule has 0 aliphatic rings. The molecule has 3 rings (SSSR count). The molecule has 1 amide bonds. The Labute approximate surface area is 119 Å². The van der Waals surface area contributed by atoms with Crippen molar-refractivity contribution in [3.05, 3.63) is 60.2 Å². The number of hydrogen-bond donors (Lipinski definition) is 2. The fourth-order valence-electron chi connectivity index (χ4n) is 1.99. The fourth-order valence-corrected chi connectivity index (χ4v) is 1.99. The van der Waals surface area contributed by atoms with Crippen LogP contribution in [0.2, 0.25) is 0 Å². The molecule has 0 aliphatic heterocycles. The summed E-state index contributed by atoms with van der Waals surface area (Å²) in [5, 5.41) is 2.60. The van der Waals surface area contributed by atoms with E-state index in [9.17, 15) is 9.18 Å². The molecule has 1 aromatic heterocycles. The molecule has 1 heterocycles. The Bertz CT molecular complexity index is 815. The number of nitrogen functional groups attached to an aromatic ring is 1. The SMILES string of the molecule is Nc1cc(F)cc(NC(=O)c2ccc3nccnc3c2)c1. The van der Waals surface area contributed by atoms with Crippen LogP contribution in [0.1, 0.15) is 10.4 Å². The molecule has 104 valence electrons. The normalized spacial score (nSPS) is 10.5. The van der Waals surface area contributed by atoms with Crippen molar-refractivity contribution >= 4 is 28.3 Å². The van der Waals surface area contributed by atoms with E-state index in [-0.39, 0.29) is 11.6 Å². The van der Waals surface area contributed by atoms with Crippen molar-refractivity contribution < 1.29 is 9.18 Å². The predicted octanol–water partition coefficient (Wildman–Crippen LogP) is 2.60. The van der Waals surface area contributed by atoms with Gasteiger partial charge in [0.1, 0.15) is 5.82 Å². The number of carbonyl (C=O) groups is 1. The average Bonchev–Trinajstić information content (AvgIpc) is 2.45. The monoisotopic (exact) mass is 282 g/mol. The standard InChI is InChI=1S/C15H11FN4O/c16-10-6-11(17)8-12(7-10)20-15(21)9-1-2-13-14(5-9)19-4-3-18-13/h1-8H,17H2,(H,20,21). The van der Waals surface area contributed by atoms with Crippen molar-refractivity contribution in [3.63, 3.8) is 0 Å². The summed E-state index contributed by atoms with van der Waals surface area (Å²) in [6, 6.07) is 8.84. The van der Waals surface area contributed by atoms with Gasteiger partial charge < -0.3 is 11.1 Å². The molecule has 3 N–H and O–H groups in total. The third-order valence-electron chi connectivity index (χ3n) is 2.91. The summed E-state index contributed by atoms with van der Waals surface area (Å²) in [7, 11) is 0. The maximum atomic E-state index is 13.2. The molecule has 0 unspecified atom stereocenters. The molecule has 3 aromatic rings. The van der Waals surface area contributed by atoms with Gasteiger partial charge in [0.05, 0.1) is 11.0 Å². The highest BCUT2D eigenvalue weighted by atomic mass is 19.1. The Balaban J connectivity index is 1.89. The lowest BCUT2D eigenvalue weighted by atomic mass is 10.1. The zero-order valence-electron chi connectivity index (χ0n) is 10.9. The summed E-state index contributed by atoms with van der Waals surface area (Å²) in [5.74, 6) is -0.873. The van der Waals surface area contributed by atoms with E-state index in [2.05, 4.69) is 15.3 Å². The van der Waals surface area contributed by atoms with Crippen LogP contribution in [0.3, 0.4) is 0 Å². The van der Waals surface area contributed by atoms with Crippen LogP contribution in [0.15, 0.2) is 48.8 Å². The molecule has 0 aliphatic carbocycles. The molecule has 6 heteroatoms. The number of halogens is 1. The Hall–Kier alpha value is -3.02. The first-order valence-electron chi connectivity index (χ1n) is 6.20. The summed E-state index contributed by atoms with van der Waals surface area (Å²) in [6.07, 6.45) is 3.13. The largest absolute Gasteiger partial charge is 0.399 e. The molecule has 0 atom stereocenters. The van der Waals surface area contributed by atoms with Gasteiger partial charge in [-0.05, 0) is 36.4 Å². The van der Waals surface area contributed by atoms with Crippen molar-refractivity contribution in [2.75, 3.05) is 11.1 Å². The minimum absolute atomic E-state index is 0.245. The predicted molar refractivity (Wildman–Crippen MR) is 78.3 cm³/mol. The molecule has 2 aromatic carbocycles. The molecule has 0 saturated carbocycles. The summed E-state index contributed by atoms with van der Waals surface area (Å²) in [6.45, 7) is 0. The fraction of sp³-hybridized carbons (Fsp3) is 0. The number of carbonyl (C=O) groups excluding carboxylic acids is 1. The Morgan fingerprint density at radius 3 is 2.57 bits per heavy atom. The summed E-state index contributed by atoms with van der Waals surface area (Å²) < 4.78 is 13.2. The molecular weight excluding hydrogens is 271 g/mol. The summed E-state index contributed by atoms with van der Waals surface area (Å²) >= 11 is 0. The van der Waals surface area contributed by atoms with E-state index in [1.165, 1.54) is 18.2 Å². The highest BCUT2D eigenvalue weighted by molar-refractivity contribution is 6.06. The first-order valence-corrected chi connectivity index (χ1v) is 6.20. The van der Waals surface area contributed by atoms with E-state index in [0.717, 1.165) is 0 Å². The highest BCUT2D eigenvalue weighted by Crippen LogP contribution is 2.17. The number of rotatable bonds is 2. The van der Waals surface area contributed by atoms with Gasteiger partial charge in [-0.2, -0.15) is 0 Å². The molecular formula is C15H11FN4O. The van der Waals surface area contributed by atoms with Crippen molar-refractivity contribution in [2.24, 2.45) is 0 Å². The van der Waals surface area contributed by atoms with E-state index < -0.39 is 5.82 Å². The quantitative estimate of drug-likeness (QED) is 0.708. The second kappa shape index (κ2) is 5.16. The van der Waals surface area contributed by atoms with E-state index in [0.29, 0.717) is 22.3 Å². The Morgan fingerprint density at radius 2 is 1.81 bits per heavy atom. The Morgan fingerprint density at radius 1 is 1.05 bits per heavy atom. The lowest BCUT2D eigenvalue weighted by Crippen LogP contribution is -2.12. The number of nitrogens with two attached hydrogens (primary N) is 1. The van der Waals surface area contributed by atoms with Crippen molar-refractivity contribution in [2.45, 2.75) is 0 Å². The molecule has 0 saturated heterocycles. The van der Waals surface area contributed by atoms with Gasteiger partial charge in [0.25, 0.3) is 5.91 Å². The summed E-state index contributed by atoms with van der Waals surface area (Å²) in [4.78, 5) is 20.4. The lowest BCUT2D eigenvalue weighted by molar-refractivity contribution is 0.102. The maximum Gasteiger partial charge on any atom is 0.255 e. The van der Waals surface area contributed by atoms with E-state index in [1.807, 2.05) is 0 Å². The second-order valence-corrected chi connectivity index (χ2v) is 4.49. The van der Waals surface area contributed by atoms with Gasteiger partial charge in [-0.15, -0.1) is 0 Å². The van der Waals surface area contributed by atoms with Crippen LogP contribution >= 0.6 is 0 Å². The van der Waals surface area contributed by atoms with Gasteiger partial charge in [-0.25, -0.2) is 4.39 Å². The van der Waals surface area contributed by atoms with Crippen LogP contribution in [-0.2, 0) is 0 Å². The van der Waals surface area contributed by atoms with Crippen LogP contribution in [0.4, 0.5) is 15.8 Å². The van der Waals surface area contributed by atoms with Crippen molar-refractivity contribution in [3.8, 4) is 0 Å². The molecule has 0 bridgehead atoms. The molecule has 0 radical (unpaired) electrons. The smallest absolute Gasteiger partial charge is 0.255 e. The van der Waals surface area contributed by atoms with Crippen LogP contribution in [0.25, 0.3) is 11.0 Å². The third-order valence-corrected chi connectivity index (χ3v) is 2.91. The van der Waals surface area contributed by atoms with Gasteiger partial charge in [0.15, 0.2) is 0 Å². The zero-order valence-corrected chi connectivity index (χ0v) is 10.9. The highest BCUT2D eigenvalue weighted by Gasteiger charge is 2.09. The first-order chi connectivity index (χ1) is 10.1. The lowest BCUT2D eigenvalue weighted by Gasteiger charge is -2.07. The van der Waals surface area contributed by atoms with Gasteiger partial charge in [-0.3, -0.25) is 14.8 Å². The number of nitrogens with zero attached hydrogens (tertiary/aromatic N) is 2. The minimum Gasteiger partial charge on any atom is -0.399 e. The summed E-state index contributed by atoms with van der Waals surface area (Å²) in [5.41, 5.74) is 7.81. The molecule has 21 heavy (non-hydrogen) atoms. The van der Waals surface area contributed by atoms with E-state index in [1.54, 1.807) is 30.6 Å². The average molecular weight is 282 g/mol. The van der Waals surface area contributed by atoms with Crippen LogP contribution in [0, 0.1) is 5.82 Å². The number of amides is 1. The van der Waals surface area contributed by atoms with Crippen molar-refractivity contribution in [1.29, 1.82) is 0 Å². The molecule has 0 spiro atoms. The minimum atomic E-state index is -0.505. The van der Waals surface area contributed by atoms with E-state index in [4.69, 9.17) is 5.73 Å². The van der Waals surface area contributed by atoms with Gasteiger partial charge in [0.2, 0.25) is 0 Å². The second-order valence-electron chi connectivity index (χ2n) is 4.49. The van der Waals surface area contributed by atoms with Crippen LogP contribution in [-0.4, -0.2) is 15.9 Å². The van der Waals surface area contributed by atoms with Gasteiger partial charge >= 0.3 is 0 Å². The number of hydrogen-bond acceptors (Lipinski definition) is 4. The number of fused-ring (bicyclic) bond motifs is 1. The van der Waals surface area contributed by atoms with Crippen LogP contribution in [0.5, 0.6) is 0 Å². The third kappa shape index (κ3) is 2.79. The number of nitrogens with one attached hydrogen (secondary N) is 1. The number of benzene rings is 2.